The van der Waals surface area contributed by atoms with Crippen LogP contribution in [0.5, 0.6) is 0 Å². The summed E-state index contributed by atoms with van der Waals surface area (Å²) in [5.41, 5.74) is -0.0617. The molecule has 3 saturated carbocycles. The molecule has 0 spiro atoms. The fraction of sp³-hybridized carbons (Fsp3) is 0.708. The summed E-state index contributed by atoms with van der Waals surface area (Å²) in [6, 6.07) is 3.82. The highest BCUT2D eigenvalue weighted by molar-refractivity contribution is 5.34. The Kier molecular flexibility index (Phi) is 3.96. The van der Waals surface area contributed by atoms with E-state index in [4.69, 9.17) is 0 Å². The number of fused-ring (bicyclic) bond motifs is 5. The molecule has 0 aromatic carbocycles. The fourth-order valence-electron chi connectivity index (χ4n) is 7.72. The van der Waals surface area contributed by atoms with Crippen molar-refractivity contribution < 1.29 is 15.3 Å². The van der Waals surface area contributed by atoms with Gasteiger partial charge in [0.2, 0.25) is 0 Å². The third-order valence-corrected chi connectivity index (χ3v) is 9.57. The number of allylic oxidation sites excluding steroid dienone is 1. The van der Waals surface area contributed by atoms with Crippen LogP contribution in [0.25, 0.3) is 0 Å². The Bertz CT molecular complexity index is 809. The smallest absolute Gasteiger partial charge is 0.0979 e. The van der Waals surface area contributed by atoms with Crippen molar-refractivity contribution in [2.75, 3.05) is 0 Å². The largest absolute Gasteiger partial charge is 0.393 e. The van der Waals surface area contributed by atoms with Gasteiger partial charge in [-0.1, -0.05) is 25.5 Å². The summed E-state index contributed by atoms with van der Waals surface area (Å²) in [5.74, 6) is 0.601. The highest BCUT2D eigenvalue weighted by Crippen LogP contribution is 2.70. The van der Waals surface area contributed by atoms with Crippen LogP contribution < -0.4 is 0 Å². The molecule has 0 amide bonds. The summed E-state index contributed by atoms with van der Waals surface area (Å²) < 4.78 is 0. The number of nitrogens with zero attached hydrogens (tertiary/aromatic N) is 1. The van der Waals surface area contributed by atoms with Crippen molar-refractivity contribution in [3.8, 4) is 0 Å². The molecule has 1 heterocycles. The Labute approximate surface area is 167 Å². The van der Waals surface area contributed by atoms with Gasteiger partial charge in [-0.25, -0.2) is 0 Å². The molecule has 3 fully saturated rings. The van der Waals surface area contributed by atoms with E-state index in [0.29, 0.717) is 18.8 Å². The molecule has 7 atom stereocenters. The minimum absolute atomic E-state index is 0.0799. The van der Waals surface area contributed by atoms with Gasteiger partial charge in [-0.15, -0.1) is 0 Å². The first-order valence-corrected chi connectivity index (χ1v) is 11.0. The van der Waals surface area contributed by atoms with E-state index in [0.717, 1.165) is 44.1 Å². The average Bonchev–Trinajstić information content (AvgIpc) is 2.91. The Morgan fingerprint density at radius 2 is 1.71 bits per heavy atom. The predicted molar refractivity (Wildman–Crippen MR) is 107 cm³/mol. The molecule has 0 aliphatic heterocycles. The van der Waals surface area contributed by atoms with Gasteiger partial charge in [0.15, 0.2) is 0 Å². The predicted octanol–water partition coefficient (Wildman–Crippen LogP) is 3.71. The van der Waals surface area contributed by atoms with Gasteiger partial charge in [0.05, 0.1) is 17.3 Å². The van der Waals surface area contributed by atoms with Crippen molar-refractivity contribution in [1.29, 1.82) is 0 Å². The number of hydrogen-bond acceptors (Lipinski definition) is 4. The van der Waals surface area contributed by atoms with Gasteiger partial charge in [0.25, 0.3) is 0 Å². The maximum Gasteiger partial charge on any atom is 0.0979 e. The topological polar surface area (TPSA) is 73.6 Å². The molecule has 5 rings (SSSR count). The summed E-state index contributed by atoms with van der Waals surface area (Å²) in [7, 11) is 0. The third-order valence-electron chi connectivity index (χ3n) is 9.57. The van der Waals surface area contributed by atoms with Crippen molar-refractivity contribution >= 4 is 0 Å². The zero-order valence-electron chi connectivity index (χ0n) is 17.1. The van der Waals surface area contributed by atoms with Crippen LogP contribution >= 0.6 is 0 Å². The number of aromatic nitrogens is 1. The number of aliphatic hydroxyl groups is 3. The summed E-state index contributed by atoms with van der Waals surface area (Å²) in [4.78, 5) is 4.12. The molecule has 0 unspecified atom stereocenters. The molecule has 4 nitrogen and oxygen atoms in total. The molecular weight excluding hydrogens is 350 g/mol. The van der Waals surface area contributed by atoms with Gasteiger partial charge < -0.3 is 15.3 Å². The van der Waals surface area contributed by atoms with Gasteiger partial charge in [-0.2, -0.15) is 0 Å². The lowest BCUT2D eigenvalue weighted by atomic mass is 9.45. The molecular formula is C24H33NO3. The monoisotopic (exact) mass is 383 g/mol. The Hall–Kier alpha value is -1.23. The molecule has 3 N–H and O–H groups in total. The van der Waals surface area contributed by atoms with Crippen molar-refractivity contribution in [3.05, 3.63) is 41.7 Å². The number of aliphatic hydroxyl groups excluding tert-OH is 1. The van der Waals surface area contributed by atoms with Gasteiger partial charge in [0.1, 0.15) is 0 Å². The van der Waals surface area contributed by atoms with Gasteiger partial charge >= 0.3 is 0 Å². The Morgan fingerprint density at radius 1 is 0.964 bits per heavy atom. The number of pyridine rings is 1. The zero-order valence-corrected chi connectivity index (χ0v) is 17.1. The molecule has 4 aliphatic rings. The lowest BCUT2D eigenvalue weighted by molar-refractivity contribution is -0.218. The van der Waals surface area contributed by atoms with Gasteiger partial charge in [-0.05, 0) is 86.3 Å². The molecule has 152 valence electrons. The second-order valence-electron chi connectivity index (χ2n) is 10.4. The maximum atomic E-state index is 12.2. The first-order chi connectivity index (χ1) is 13.2. The van der Waals surface area contributed by atoms with Crippen LogP contribution in [-0.2, 0) is 5.60 Å². The van der Waals surface area contributed by atoms with E-state index >= 15 is 0 Å². The Balaban J connectivity index is 1.56. The SMILES string of the molecule is C[C@]12CC[C@H]3[C@@H](CC=C4C[C@@H](O)CC[C@@]43C)[C@@]1(O)CC[C@]2(O)c1ccncc1. The maximum absolute atomic E-state index is 12.2. The molecule has 0 saturated heterocycles. The van der Waals surface area contributed by atoms with E-state index in [1.165, 1.54) is 5.57 Å². The van der Waals surface area contributed by atoms with Crippen molar-refractivity contribution in [2.24, 2.45) is 22.7 Å². The number of hydrogen-bond donors (Lipinski definition) is 3. The molecule has 0 bridgehead atoms. The highest BCUT2D eigenvalue weighted by atomic mass is 16.3. The van der Waals surface area contributed by atoms with E-state index in [2.05, 4.69) is 24.9 Å². The van der Waals surface area contributed by atoms with E-state index < -0.39 is 16.6 Å². The molecule has 4 aliphatic carbocycles. The molecule has 4 heteroatoms. The molecule has 1 aromatic rings. The summed E-state index contributed by atoms with van der Waals surface area (Å²) in [6.07, 6.45) is 12.2. The van der Waals surface area contributed by atoms with Gasteiger partial charge in [0, 0.05) is 17.8 Å². The second kappa shape index (κ2) is 5.90. The fourth-order valence-corrected chi connectivity index (χ4v) is 7.72. The summed E-state index contributed by atoms with van der Waals surface area (Å²) >= 11 is 0. The van der Waals surface area contributed by atoms with Crippen LogP contribution in [0.4, 0.5) is 0 Å². The third kappa shape index (κ3) is 2.15. The average molecular weight is 384 g/mol. The molecule has 1 aromatic heterocycles. The zero-order chi connectivity index (χ0) is 19.8. The Morgan fingerprint density at radius 3 is 2.46 bits per heavy atom. The van der Waals surface area contributed by atoms with Crippen LogP contribution in [0.15, 0.2) is 36.2 Å². The van der Waals surface area contributed by atoms with Crippen LogP contribution in [0, 0.1) is 22.7 Å². The number of rotatable bonds is 1. The lowest BCUT2D eigenvalue weighted by Gasteiger charge is -2.62. The first kappa shape index (κ1) is 18.8. The summed E-state index contributed by atoms with van der Waals surface area (Å²) in [5, 5.41) is 34.2. The van der Waals surface area contributed by atoms with Crippen LogP contribution in [0.3, 0.4) is 0 Å². The van der Waals surface area contributed by atoms with E-state index in [-0.39, 0.29) is 17.4 Å². The van der Waals surface area contributed by atoms with Crippen molar-refractivity contribution in [2.45, 2.75) is 82.5 Å². The minimum atomic E-state index is -1.01. The van der Waals surface area contributed by atoms with E-state index in [9.17, 15) is 15.3 Å². The van der Waals surface area contributed by atoms with E-state index in [1.54, 1.807) is 12.4 Å². The summed E-state index contributed by atoms with van der Waals surface area (Å²) in [6.45, 7) is 4.47. The normalized spacial score (nSPS) is 50.3. The minimum Gasteiger partial charge on any atom is -0.393 e. The van der Waals surface area contributed by atoms with E-state index in [1.807, 2.05) is 12.1 Å². The van der Waals surface area contributed by atoms with Crippen LogP contribution in [0.2, 0.25) is 0 Å². The first-order valence-electron chi connectivity index (χ1n) is 11.0. The lowest BCUT2D eigenvalue weighted by Crippen LogP contribution is -2.63. The standard InChI is InChI=1S/C24H33NO3/c1-21-9-5-18(26)15-17(21)3-4-20-19(21)6-10-22(2)23(27,11-12-24(20,22)28)16-7-13-25-14-8-16/h3,7-8,13-14,18-20,26-28H,4-6,9-12,15H2,1-2H3/t18-,19-,20+,21-,22+,23-,24-/m0/s1. The quantitative estimate of drug-likeness (QED) is 0.647. The second-order valence-corrected chi connectivity index (χ2v) is 10.4. The van der Waals surface area contributed by atoms with Crippen molar-refractivity contribution in [1.82, 2.24) is 4.98 Å². The van der Waals surface area contributed by atoms with Crippen LogP contribution in [-0.4, -0.2) is 32.0 Å². The highest BCUT2D eigenvalue weighted by Gasteiger charge is 2.71. The van der Waals surface area contributed by atoms with Crippen LogP contribution in [0.1, 0.15) is 70.8 Å². The molecule has 0 radical (unpaired) electrons. The van der Waals surface area contributed by atoms with Crippen molar-refractivity contribution in [3.63, 3.8) is 0 Å². The molecule has 28 heavy (non-hydrogen) atoms. The van der Waals surface area contributed by atoms with Gasteiger partial charge in [-0.3, -0.25) is 4.98 Å².